The van der Waals surface area contributed by atoms with E-state index >= 15 is 0 Å². The van der Waals surface area contributed by atoms with Gasteiger partial charge in [0.2, 0.25) is 0 Å². The van der Waals surface area contributed by atoms with Crippen LogP contribution in [0.3, 0.4) is 0 Å². The third-order valence-corrected chi connectivity index (χ3v) is 5.38. The number of nitrogens with one attached hydrogen (secondary N) is 1. The zero-order valence-corrected chi connectivity index (χ0v) is 10.8. The van der Waals surface area contributed by atoms with Crippen molar-refractivity contribution in [1.29, 1.82) is 0 Å². The standard InChI is InChI=1S/C11H21NOSi/c1-9-11(6-7-12-9)8-13-10(2)14(3,4)5/h6-7,10,12H,8H2,1-5H3. The number of hydrogen-bond donors (Lipinski definition) is 1. The number of H-pyrrole nitrogens is 1. The van der Waals surface area contributed by atoms with Crippen LogP contribution in [-0.4, -0.2) is 18.8 Å². The van der Waals surface area contributed by atoms with E-state index in [9.17, 15) is 0 Å². The van der Waals surface area contributed by atoms with E-state index in [2.05, 4.69) is 44.5 Å². The number of hydrogen-bond acceptors (Lipinski definition) is 1. The van der Waals surface area contributed by atoms with Gasteiger partial charge in [0, 0.05) is 17.6 Å². The molecule has 1 unspecified atom stereocenters. The largest absolute Gasteiger partial charge is 0.377 e. The van der Waals surface area contributed by atoms with Gasteiger partial charge in [0.05, 0.1) is 14.7 Å². The molecule has 2 nitrogen and oxygen atoms in total. The lowest BCUT2D eigenvalue weighted by molar-refractivity contribution is 0.0975. The van der Waals surface area contributed by atoms with Crippen molar-refractivity contribution in [3.8, 4) is 0 Å². The van der Waals surface area contributed by atoms with Gasteiger partial charge in [-0.3, -0.25) is 0 Å². The predicted octanol–water partition coefficient (Wildman–Crippen LogP) is 3.11. The van der Waals surface area contributed by atoms with Crippen LogP contribution in [0.2, 0.25) is 19.6 Å². The first-order valence-electron chi connectivity index (χ1n) is 5.15. The molecule has 1 heterocycles. The summed E-state index contributed by atoms with van der Waals surface area (Å²) in [5.74, 6) is 0. The normalized spacial score (nSPS) is 14.4. The van der Waals surface area contributed by atoms with Crippen molar-refractivity contribution in [2.24, 2.45) is 0 Å². The Labute approximate surface area is 87.7 Å². The van der Waals surface area contributed by atoms with Crippen LogP contribution in [-0.2, 0) is 11.3 Å². The van der Waals surface area contributed by atoms with Crippen molar-refractivity contribution in [3.05, 3.63) is 23.5 Å². The van der Waals surface area contributed by atoms with Crippen LogP contribution < -0.4 is 0 Å². The summed E-state index contributed by atoms with van der Waals surface area (Å²) in [4.78, 5) is 3.16. The summed E-state index contributed by atoms with van der Waals surface area (Å²) in [7, 11) is -1.14. The van der Waals surface area contributed by atoms with E-state index in [-0.39, 0.29) is 0 Å². The minimum absolute atomic E-state index is 0.414. The van der Waals surface area contributed by atoms with Crippen molar-refractivity contribution < 1.29 is 4.74 Å². The minimum atomic E-state index is -1.14. The van der Waals surface area contributed by atoms with E-state index in [1.807, 2.05) is 6.20 Å². The summed E-state index contributed by atoms with van der Waals surface area (Å²) in [6, 6.07) is 2.09. The molecule has 0 bridgehead atoms. The minimum Gasteiger partial charge on any atom is -0.377 e. The first-order valence-corrected chi connectivity index (χ1v) is 8.73. The Kier molecular flexibility index (Phi) is 3.56. The highest BCUT2D eigenvalue weighted by Crippen LogP contribution is 2.14. The summed E-state index contributed by atoms with van der Waals surface area (Å²) in [5, 5.41) is 0. The Bertz CT molecular complexity index is 288. The lowest BCUT2D eigenvalue weighted by atomic mass is 10.3. The van der Waals surface area contributed by atoms with Gasteiger partial charge < -0.3 is 9.72 Å². The van der Waals surface area contributed by atoms with E-state index < -0.39 is 8.07 Å². The molecule has 0 saturated heterocycles. The summed E-state index contributed by atoms with van der Waals surface area (Å²) in [5.41, 5.74) is 2.90. The summed E-state index contributed by atoms with van der Waals surface area (Å²) in [6.45, 7) is 12.0. The number of rotatable bonds is 4. The molecule has 1 aromatic rings. The average molecular weight is 211 g/mol. The zero-order valence-electron chi connectivity index (χ0n) is 9.85. The Morgan fingerprint density at radius 3 is 2.50 bits per heavy atom. The molecule has 1 aromatic heterocycles. The molecule has 0 fully saturated rings. The summed E-state index contributed by atoms with van der Waals surface area (Å²) < 4.78 is 5.87. The number of aromatic nitrogens is 1. The first kappa shape index (κ1) is 11.5. The average Bonchev–Trinajstić information content (AvgIpc) is 2.45. The molecular formula is C11H21NOSi. The molecule has 1 N–H and O–H groups in total. The van der Waals surface area contributed by atoms with Crippen molar-refractivity contribution >= 4 is 8.07 Å². The molecule has 0 aliphatic heterocycles. The predicted molar refractivity (Wildman–Crippen MR) is 63.1 cm³/mol. The Hall–Kier alpha value is -0.543. The van der Waals surface area contributed by atoms with Crippen LogP contribution in [0, 0.1) is 6.92 Å². The highest BCUT2D eigenvalue weighted by molar-refractivity contribution is 6.77. The van der Waals surface area contributed by atoms with Crippen LogP contribution in [0.15, 0.2) is 12.3 Å². The van der Waals surface area contributed by atoms with Gasteiger partial charge in [-0.2, -0.15) is 0 Å². The smallest absolute Gasteiger partial charge is 0.0781 e. The summed E-state index contributed by atoms with van der Waals surface area (Å²) in [6.07, 6.45) is 1.97. The zero-order chi connectivity index (χ0) is 10.8. The third kappa shape index (κ3) is 2.99. The lowest BCUT2D eigenvalue weighted by Crippen LogP contribution is -2.37. The van der Waals surface area contributed by atoms with Gasteiger partial charge in [0.25, 0.3) is 0 Å². The molecule has 80 valence electrons. The molecule has 1 atom stereocenters. The maximum absolute atomic E-state index is 5.87. The molecule has 0 spiro atoms. The Morgan fingerprint density at radius 2 is 2.07 bits per heavy atom. The fourth-order valence-corrected chi connectivity index (χ4v) is 1.69. The first-order chi connectivity index (χ1) is 6.41. The Morgan fingerprint density at radius 1 is 1.43 bits per heavy atom. The summed E-state index contributed by atoms with van der Waals surface area (Å²) >= 11 is 0. The molecule has 0 radical (unpaired) electrons. The monoisotopic (exact) mass is 211 g/mol. The van der Waals surface area contributed by atoms with Gasteiger partial charge in [-0.15, -0.1) is 0 Å². The third-order valence-electron chi connectivity index (χ3n) is 2.77. The van der Waals surface area contributed by atoms with Crippen molar-refractivity contribution in [2.75, 3.05) is 0 Å². The molecule has 0 aliphatic carbocycles. The van der Waals surface area contributed by atoms with Gasteiger partial charge in [-0.25, -0.2) is 0 Å². The molecule has 0 saturated carbocycles. The van der Waals surface area contributed by atoms with E-state index in [0.717, 1.165) is 6.61 Å². The van der Waals surface area contributed by atoms with E-state index in [4.69, 9.17) is 4.74 Å². The molecular weight excluding hydrogens is 190 g/mol. The number of aryl methyl sites for hydroxylation is 1. The fourth-order valence-electron chi connectivity index (χ4n) is 1.11. The van der Waals surface area contributed by atoms with Crippen molar-refractivity contribution in [1.82, 2.24) is 4.98 Å². The molecule has 14 heavy (non-hydrogen) atoms. The Balaban J connectivity index is 2.46. The topological polar surface area (TPSA) is 25.0 Å². The van der Waals surface area contributed by atoms with Crippen LogP contribution in [0.5, 0.6) is 0 Å². The number of aromatic amines is 1. The van der Waals surface area contributed by atoms with Gasteiger partial charge >= 0.3 is 0 Å². The fraction of sp³-hybridized carbons (Fsp3) is 0.636. The van der Waals surface area contributed by atoms with Gasteiger partial charge in [0.15, 0.2) is 0 Å². The molecule has 0 amide bonds. The quantitative estimate of drug-likeness (QED) is 0.761. The van der Waals surface area contributed by atoms with E-state index in [1.165, 1.54) is 11.3 Å². The second-order valence-electron chi connectivity index (χ2n) is 4.95. The maximum Gasteiger partial charge on any atom is 0.0781 e. The molecule has 1 rings (SSSR count). The molecule has 0 aromatic carbocycles. The van der Waals surface area contributed by atoms with Gasteiger partial charge in [-0.1, -0.05) is 19.6 Å². The highest BCUT2D eigenvalue weighted by Gasteiger charge is 2.23. The SMILES string of the molecule is Cc1[nH]ccc1COC(C)[Si](C)(C)C. The lowest BCUT2D eigenvalue weighted by Gasteiger charge is -2.25. The highest BCUT2D eigenvalue weighted by atomic mass is 28.3. The van der Waals surface area contributed by atoms with Crippen LogP contribution >= 0.6 is 0 Å². The second kappa shape index (κ2) is 4.32. The van der Waals surface area contributed by atoms with E-state index in [1.54, 1.807) is 0 Å². The maximum atomic E-state index is 5.87. The molecule has 0 aliphatic rings. The van der Waals surface area contributed by atoms with E-state index in [0.29, 0.717) is 5.73 Å². The van der Waals surface area contributed by atoms with Crippen molar-refractivity contribution in [2.45, 2.75) is 45.8 Å². The second-order valence-corrected chi connectivity index (χ2v) is 10.5. The van der Waals surface area contributed by atoms with Crippen LogP contribution in [0.25, 0.3) is 0 Å². The van der Waals surface area contributed by atoms with Crippen LogP contribution in [0.1, 0.15) is 18.2 Å². The van der Waals surface area contributed by atoms with Crippen molar-refractivity contribution in [3.63, 3.8) is 0 Å². The van der Waals surface area contributed by atoms with Gasteiger partial charge in [-0.05, 0) is 25.5 Å². The van der Waals surface area contributed by atoms with Crippen LogP contribution in [0.4, 0.5) is 0 Å². The molecule has 3 heteroatoms. The van der Waals surface area contributed by atoms with Gasteiger partial charge in [0.1, 0.15) is 0 Å². The number of ether oxygens (including phenoxy) is 1.